The second-order valence-corrected chi connectivity index (χ2v) is 3.99. The Morgan fingerprint density at radius 3 is 2.21 bits per heavy atom. The molecule has 1 atom stereocenters. The molecule has 0 aromatic rings. The van der Waals surface area contributed by atoms with E-state index in [2.05, 4.69) is 5.43 Å². The van der Waals surface area contributed by atoms with Crippen LogP contribution in [0.2, 0.25) is 0 Å². The van der Waals surface area contributed by atoms with Gasteiger partial charge < -0.3 is 10.2 Å². The van der Waals surface area contributed by atoms with Crippen molar-refractivity contribution in [2.45, 2.75) is 31.8 Å². The Morgan fingerprint density at radius 2 is 2.00 bits per heavy atom. The Kier molecular flexibility index (Phi) is 2.82. The first-order chi connectivity index (χ1) is 6.28. The molecule has 6 nitrogen and oxygen atoms in total. The zero-order valence-corrected chi connectivity index (χ0v) is 8.85. The van der Waals surface area contributed by atoms with Crippen molar-refractivity contribution < 1.29 is 15.0 Å². The Hall–Kier alpha value is -0.690. The lowest BCUT2D eigenvalue weighted by Gasteiger charge is -2.26. The molecule has 1 saturated heterocycles. The van der Waals surface area contributed by atoms with Gasteiger partial charge in [0.15, 0.2) is 0 Å². The molecule has 0 aliphatic carbocycles. The molecule has 1 unspecified atom stereocenters. The maximum absolute atomic E-state index is 11.5. The van der Waals surface area contributed by atoms with E-state index in [0.717, 1.165) is 0 Å². The molecule has 82 valence electrons. The summed E-state index contributed by atoms with van der Waals surface area (Å²) in [5, 5.41) is 20.4. The monoisotopic (exact) mass is 203 g/mol. The molecular weight excluding hydrogens is 186 g/mol. The molecule has 1 amide bonds. The average molecular weight is 203 g/mol. The minimum Gasteiger partial charge on any atom is -0.356 e. The standard InChI is InChI=1S/C8H17N3O3/c1-5(2)11-7(12)8(13,14)6(9-11)10(3)4/h5-6,9,13-14H,1-4H3. The topological polar surface area (TPSA) is 76.0 Å². The third kappa shape index (κ3) is 1.61. The fraction of sp³-hybridized carbons (Fsp3) is 0.875. The molecule has 0 radical (unpaired) electrons. The number of amides is 1. The second kappa shape index (κ2) is 3.47. The summed E-state index contributed by atoms with van der Waals surface area (Å²) >= 11 is 0. The number of aliphatic hydroxyl groups is 2. The molecule has 0 saturated carbocycles. The zero-order valence-electron chi connectivity index (χ0n) is 8.85. The zero-order chi connectivity index (χ0) is 11.1. The van der Waals surface area contributed by atoms with Crippen molar-refractivity contribution in [1.82, 2.24) is 15.3 Å². The van der Waals surface area contributed by atoms with Crippen LogP contribution in [0, 0.1) is 0 Å². The minimum absolute atomic E-state index is 0.119. The largest absolute Gasteiger partial charge is 0.356 e. The van der Waals surface area contributed by atoms with Crippen molar-refractivity contribution >= 4 is 5.91 Å². The highest BCUT2D eigenvalue weighted by Crippen LogP contribution is 2.21. The van der Waals surface area contributed by atoms with Gasteiger partial charge in [-0.15, -0.1) is 0 Å². The normalized spacial score (nSPS) is 26.7. The predicted octanol–water partition coefficient (Wildman–Crippen LogP) is -1.69. The lowest BCUT2D eigenvalue weighted by atomic mass is 10.2. The fourth-order valence-corrected chi connectivity index (χ4v) is 1.43. The average Bonchev–Trinajstić information content (AvgIpc) is 2.24. The van der Waals surface area contributed by atoms with E-state index in [9.17, 15) is 15.0 Å². The van der Waals surface area contributed by atoms with Crippen LogP contribution in [0.3, 0.4) is 0 Å². The van der Waals surface area contributed by atoms with Gasteiger partial charge in [0.1, 0.15) is 6.17 Å². The molecule has 0 spiro atoms. The van der Waals surface area contributed by atoms with Crippen molar-refractivity contribution in [3.63, 3.8) is 0 Å². The summed E-state index contributed by atoms with van der Waals surface area (Å²) in [5.41, 5.74) is 2.74. The predicted molar refractivity (Wildman–Crippen MR) is 49.8 cm³/mol. The van der Waals surface area contributed by atoms with Gasteiger partial charge in [-0.3, -0.25) is 14.7 Å². The molecule has 3 N–H and O–H groups in total. The molecule has 0 aromatic carbocycles. The van der Waals surface area contributed by atoms with Crippen molar-refractivity contribution in [3.05, 3.63) is 0 Å². The summed E-state index contributed by atoms with van der Waals surface area (Å²) in [6.07, 6.45) is -0.808. The molecule has 0 bridgehead atoms. The third-order valence-corrected chi connectivity index (χ3v) is 2.21. The quantitative estimate of drug-likeness (QED) is 0.467. The van der Waals surface area contributed by atoms with E-state index in [1.165, 1.54) is 5.01 Å². The molecule has 6 heteroatoms. The molecule has 1 rings (SSSR count). The summed E-state index contributed by atoms with van der Waals surface area (Å²) in [6.45, 7) is 3.58. The van der Waals surface area contributed by atoms with Gasteiger partial charge in [0.2, 0.25) is 0 Å². The maximum Gasteiger partial charge on any atom is 0.300 e. The lowest BCUT2D eigenvalue weighted by Crippen LogP contribution is -2.54. The highest BCUT2D eigenvalue weighted by Gasteiger charge is 2.53. The third-order valence-electron chi connectivity index (χ3n) is 2.21. The van der Waals surface area contributed by atoms with Gasteiger partial charge in [0.25, 0.3) is 11.7 Å². The smallest absolute Gasteiger partial charge is 0.300 e. The number of nitrogens with zero attached hydrogens (tertiary/aromatic N) is 2. The first-order valence-electron chi connectivity index (χ1n) is 4.49. The molecule has 14 heavy (non-hydrogen) atoms. The molecular formula is C8H17N3O3. The number of hydrogen-bond acceptors (Lipinski definition) is 5. The number of hydrazine groups is 1. The van der Waals surface area contributed by atoms with Crippen molar-refractivity contribution in [1.29, 1.82) is 0 Å². The van der Waals surface area contributed by atoms with E-state index < -0.39 is 17.9 Å². The van der Waals surface area contributed by atoms with Crippen LogP contribution >= 0.6 is 0 Å². The van der Waals surface area contributed by atoms with Gasteiger partial charge in [-0.05, 0) is 27.9 Å². The molecule has 1 fully saturated rings. The molecule has 0 aromatic heterocycles. The van der Waals surface area contributed by atoms with E-state index in [4.69, 9.17) is 0 Å². The minimum atomic E-state index is -2.35. The van der Waals surface area contributed by atoms with Crippen LogP contribution in [0.5, 0.6) is 0 Å². The Balaban J connectivity index is 2.91. The Bertz CT molecular complexity index is 240. The first kappa shape index (κ1) is 11.4. The molecule has 1 aliphatic rings. The summed E-state index contributed by atoms with van der Waals surface area (Å²) < 4.78 is 0. The Morgan fingerprint density at radius 1 is 1.50 bits per heavy atom. The number of likely N-dealkylation sites (N-methyl/N-ethyl adjacent to an activating group) is 1. The summed E-state index contributed by atoms with van der Waals surface area (Å²) in [4.78, 5) is 13.1. The van der Waals surface area contributed by atoms with E-state index >= 15 is 0 Å². The van der Waals surface area contributed by atoms with Crippen LogP contribution in [-0.4, -0.2) is 58.1 Å². The Labute approximate surface area is 83.1 Å². The van der Waals surface area contributed by atoms with E-state index in [-0.39, 0.29) is 6.04 Å². The second-order valence-electron chi connectivity index (χ2n) is 3.99. The van der Waals surface area contributed by atoms with Gasteiger partial charge in [0.05, 0.1) is 0 Å². The van der Waals surface area contributed by atoms with Crippen LogP contribution in [0.1, 0.15) is 13.8 Å². The van der Waals surface area contributed by atoms with Crippen LogP contribution in [-0.2, 0) is 4.79 Å². The number of nitrogens with one attached hydrogen (secondary N) is 1. The SMILES string of the molecule is CC(C)N1NC(N(C)C)C(O)(O)C1=O. The highest BCUT2D eigenvalue weighted by atomic mass is 16.5. The highest BCUT2D eigenvalue weighted by molar-refractivity contribution is 5.85. The summed E-state index contributed by atoms with van der Waals surface area (Å²) in [7, 11) is 3.33. The summed E-state index contributed by atoms with van der Waals surface area (Å²) in [5.74, 6) is -3.07. The van der Waals surface area contributed by atoms with Crippen molar-refractivity contribution in [2.75, 3.05) is 14.1 Å². The van der Waals surface area contributed by atoms with E-state index in [1.54, 1.807) is 32.8 Å². The van der Waals surface area contributed by atoms with Crippen LogP contribution < -0.4 is 5.43 Å². The first-order valence-corrected chi connectivity index (χ1v) is 4.49. The van der Waals surface area contributed by atoms with Crippen molar-refractivity contribution in [2.24, 2.45) is 0 Å². The van der Waals surface area contributed by atoms with E-state index in [1.807, 2.05) is 0 Å². The number of carbonyl (C=O) groups is 1. The molecule has 1 aliphatic heterocycles. The van der Waals surface area contributed by atoms with Gasteiger partial charge in [-0.25, -0.2) is 5.43 Å². The lowest BCUT2D eigenvalue weighted by molar-refractivity contribution is -0.197. The van der Waals surface area contributed by atoms with E-state index in [0.29, 0.717) is 0 Å². The van der Waals surface area contributed by atoms with Crippen molar-refractivity contribution in [3.8, 4) is 0 Å². The van der Waals surface area contributed by atoms with Crippen LogP contribution in [0.15, 0.2) is 0 Å². The fourth-order valence-electron chi connectivity index (χ4n) is 1.43. The maximum atomic E-state index is 11.5. The summed E-state index contributed by atoms with van der Waals surface area (Å²) in [6, 6.07) is -0.119. The van der Waals surface area contributed by atoms with Gasteiger partial charge >= 0.3 is 0 Å². The number of hydrogen-bond donors (Lipinski definition) is 3. The van der Waals surface area contributed by atoms with Crippen LogP contribution in [0.4, 0.5) is 0 Å². The molecule has 1 heterocycles. The van der Waals surface area contributed by atoms with Gasteiger partial charge in [-0.1, -0.05) is 0 Å². The van der Waals surface area contributed by atoms with Gasteiger partial charge in [-0.2, -0.15) is 0 Å². The number of rotatable bonds is 2. The van der Waals surface area contributed by atoms with Crippen LogP contribution in [0.25, 0.3) is 0 Å². The van der Waals surface area contributed by atoms with Gasteiger partial charge in [0, 0.05) is 6.04 Å². The number of carbonyl (C=O) groups excluding carboxylic acids is 1.